The predicted octanol–water partition coefficient (Wildman–Crippen LogP) is 3.82. The van der Waals surface area contributed by atoms with Gasteiger partial charge in [0.1, 0.15) is 5.75 Å². The minimum atomic E-state index is 0.0544. The van der Waals surface area contributed by atoms with E-state index < -0.39 is 0 Å². The molecule has 2 nitrogen and oxygen atoms in total. The summed E-state index contributed by atoms with van der Waals surface area (Å²) in [7, 11) is 0. The molecule has 0 bridgehead atoms. The molecule has 1 heterocycles. The molecule has 18 heavy (non-hydrogen) atoms. The van der Waals surface area contributed by atoms with E-state index in [1.807, 2.05) is 6.07 Å². The first-order chi connectivity index (χ1) is 8.65. The van der Waals surface area contributed by atoms with E-state index in [1.165, 1.54) is 0 Å². The number of hydrogen-bond donors (Lipinski definition) is 1. The summed E-state index contributed by atoms with van der Waals surface area (Å²) in [4.78, 5) is 0. The third-order valence-corrected chi connectivity index (χ3v) is 3.58. The smallest absolute Gasteiger partial charge is 0.142 e. The maximum Gasteiger partial charge on any atom is 0.142 e. The molecule has 0 radical (unpaired) electrons. The van der Waals surface area contributed by atoms with Crippen molar-refractivity contribution < 1.29 is 4.74 Å². The third-order valence-electron chi connectivity index (χ3n) is 3.08. The number of hydrogen-bond acceptors (Lipinski definition) is 2. The lowest BCUT2D eigenvalue weighted by Crippen LogP contribution is -2.34. The molecule has 0 saturated carbocycles. The van der Waals surface area contributed by atoms with Gasteiger partial charge in [0.25, 0.3) is 0 Å². The Bertz CT molecular complexity index is 481. The topological polar surface area (TPSA) is 21.3 Å². The number of benzene rings is 1. The molecular formula is C14H15Cl2NO. The van der Waals surface area contributed by atoms with Crippen LogP contribution in [0.15, 0.2) is 12.1 Å². The summed E-state index contributed by atoms with van der Waals surface area (Å²) in [6.45, 7) is 2.69. The van der Waals surface area contributed by atoms with Crippen LogP contribution < -0.4 is 10.1 Å². The third kappa shape index (κ3) is 2.75. The van der Waals surface area contributed by atoms with Crippen LogP contribution in [-0.2, 0) is 0 Å². The zero-order valence-electron chi connectivity index (χ0n) is 10.2. The summed E-state index contributed by atoms with van der Waals surface area (Å²) in [5, 5.41) is 4.60. The van der Waals surface area contributed by atoms with Gasteiger partial charge in [0, 0.05) is 23.0 Å². The fourth-order valence-corrected chi connectivity index (χ4v) is 2.69. The van der Waals surface area contributed by atoms with E-state index in [2.05, 4.69) is 18.2 Å². The van der Waals surface area contributed by atoms with E-state index in [-0.39, 0.29) is 12.1 Å². The van der Waals surface area contributed by atoms with Crippen molar-refractivity contribution in [3.63, 3.8) is 0 Å². The largest absolute Gasteiger partial charge is 0.492 e. The SMILES string of the molecule is C#CC(CC)NC1CCOc2c(Cl)cc(Cl)cc21. The molecule has 0 fully saturated rings. The van der Waals surface area contributed by atoms with Gasteiger partial charge in [-0.15, -0.1) is 6.42 Å². The summed E-state index contributed by atoms with van der Waals surface area (Å²) < 4.78 is 5.61. The molecule has 2 atom stereocenters. The highest BCUT2D eigenvalue weighted by molar-refractivity contribution is 6.35. The Hall–Kier alpha value is -0.880. The fourth-order valence-electron chi connectivity index (χ4n) is 2.13. The summed E-state index contributed by atoms with van der Waals surface area (Å²) in [6.07, 6.45) is 7.23. The minimum Gasteiger partial charge on any atom is -0.492 e. The van der Waals surface area contributed by atoms with Gasteiger partial charge in [-0.2, -0.15) is 0 Å². The molecule has 4 heteroatoms. The van der Waals surface area contributed by atoms with Gasteiger partial charge >= 0.3 is 0 Å². The molecule has 1 aliphatic rings. The van der Waals surface area contributed by atoms with E-state index >= 15 is 0 Å². The molecule has 1 aliphatic heterocycles. The van der Waals surface area contributed by atoms with Crippen molar-refractivity contribution in [3.8, 4) is 18.1 Å². The lowest BCUT2D eigenvalue weighted by atomic mass is 9.99. The van der Waals surface area contributed by atoms with E-state index in [9.17, 15) is 0 Å². The predicted molar refractivity (Wildman–Crippen MR) is 75.4 cm³/mol. The average molecular weight is 284 g/mol. The summed E-state index contributed by atoms with van der Waals surface area (Å²) >= 11 is 12.2. The van der Waals surface area contributed by atoms with Crippen LogP contribution in [0.5, 0.6) is 5.75 Å². The molecule has 1 N–H and O–H groups in total. The quantitative estimate of drug-likeness (QED) is 0.852. The second-order valence-electron chi connectivity index (χ2n) is 4.29. The Morgan fingerprint density at radius 3 is 3.00 bits per heavy atom. The summed E-state index contributed by atoms with van der Waals surface area (Å²) in [5.41, 5.74) is 0.993. The van der Waals surface area contributed by atoms with Crippen LogP contribution in [0.3, 0.4) is 0 Å². The monoisotopic (exact) mass is 283 g/mol. The average Bonchev–Trinajstić information content (AvgIpc) is 2.36. The van der Waals surface area contributed by atoms with Gasteiger partial charge in [-0.25, -0.2) is 0 Å². The normalized spacial score (nSPS) is 19.6. The van der Waals surface area contributed by atoms with Crippen LogP contribution in [0.2, 0.25) is 10.0 Å². The maximum absolute atomic E-state index is 6.14. The Balaban J connectivity index is 2.30. The lowest BCUT2D eigenvalue weighted by molar-refractivity contribution is 0.249. The van der Waals surface area contributed by atoms with Crippen molar-refractivity contribution in [3.05, 3.63) is 27.7 Å². The van der Waals surface area contributed by atoms with Crippen molar-refractivity contribution in [2.24, 2.45) is 0 Å². The molecule has 2 unspecified atom stereocenters. The fraction of sp³-hybridized carbons (Fsp3) is 0.429. The van der Waals surface area contributed by atoms with Crippen molar-refractivity contribution in [1.29, 1.82) is 0 Å². The molecule has 1 aromatic carbocycles. The van der Waals surface area contributed by atoms with Crippen LogP contribution in [0.1, 0.15) is 31.4 Å². The van der Waals surface area contributed by atoms with Gasteiger partial charge < -0.3 is 4.74 Å². The Kier molecular flexibility index (Phi) is 4.40. The zero-order valence-corrected chi connectivity index (χ0v) is 11.7. The van der Waals surface area contributed by atoms with Crippen LogP contribution in [0.4, 0.5) is 0 Å². The Labute approximate surface area is 118 Å². The van der Waals surface area contributed by atoms with Gasteiger partial charge in [-0.1, -0.05) is 36.0 Å². The lowest BCUT2D eigenvalue weighted by Gasteiger charge is -2.29. The molecule has 0 aliphatic carbocycles. The van der Waals surface area contributed by atoms with E-state index in [0.29, 0.717) is 16.7 Å². The van der Waals surface area contributed by atoms with Crippen molar-refractivity contribution in [2.75, 3.05) is 6.61 Å². The first kappa shape index (κ1) is 13.5. The highest BCUT2D eigenvalue weighted by Crippen LogP contribution is 2.40. The number of halogens is 2. The van der Waals surface area contributed by atoms with Crippen LogP contribution >= 0.6 is 23.2 Å². The van der Waals surface area contributed by atoms with Gasteiger partial charge in [0.15, 0.2) is 0 Å². The number of terminal acetylenes is 1. The molecule has 0 amide bonds. The first-order valence-corrected chi connectivity index (χ1v) is 6.75. The summed E-state index contributed by atoms with van der Waals surface area (Å²) in [6, 6.07) is 3.79. The Morgan fingerprint density at radius 2 is 2.33 bits per heavy atom. The zero-order chi connectivity index (χ0) is 13.1. The molecule has 2 rings (SSSR count). The first-order valence-electron chi connectivity index (χ1n) is 5.99. The second-order valence-corrected chi connectivity index (χ2v) is 5.13. The van der Waals surface area contributed by atoms with E-state index in [4.69, 9.17) is 34.4 Å². The van der Waals surface area contributed by atoms with Crippen LogP contribution in [0.25, 0.3) is 0 Å². The van der Waals surface area contributed by atoms with Gasteiger partial charge in [0.05, 0.1) is 17.7 Å². The highest BCUT2D eigenvalue weighted by Gasteiger charge is 2.25. The second kappa shape index (κ2) is 5.84. The van der Waals surface area contributed by atoms with Crippen molar-refractivity contribution in [2.45, 2.75) is 31.8 Å². The number of rotatable bonds is 3. The maximum atomic E-state index is 6.14. The minimum absolute atomic E-state index is 0.0544. The van der Waals surface area contributed by atoms with E-state index in [0.717, 1.165) is 24.2 Å². The Morgan fingerprint density at radius 1 is 1.56 bits per heavy atom. The van der Waals surface area contributed by atoms with Gasteiger partial charge in [0.2, 0.25) is 0 Å². The van der Waals surface area contributed by atoms with Crippen LogP contribution in [-0.4, -0.2) is 12.6 Å². The van der Waals surface area contributed by atoms with Crippen molar-refractivity contribution >= 4 is 23.2 Å². The molecule has 96 valence electrons. The highest BCUT2D eigenvalue weighted by atomic mass is 35.5. The van der Waals surface area contributed by atoms with Gasteiger partial charge in [-0.05, 0) is 18.6 Å². The number of nitrogens with one attached hydrogen (secondary N) is 1. The molecule has 0 spiro atoms. The molecule has 1 aromatic rings. The van der Waals surface area contributed by atoms with E-state index in [1.54, 1.807) is 6.07 Å². The number of fused-ring (bicyclic) bond motifs is 1. The molecule has 0 saturated heterocycles. The standard InChI is InChI=1S/C14H15Cl2NO/c1-3-10(4-2)17-13-5-6-18-14-11(13)7-9(15)8-12(14)16/h1,7-8,10,13,17H,4-6H2,2H3. The molecule has 0 aromatic heterocycles. The van der Waals surface area contributed by atoms with Crippen LogP contribution in [0, 0.1) is 12.3 Å². The number of ether oxygens (including phenoxy) is 1. The van der Waals surface area contributed by atoms with Crippen molar-refractivity contribution in [1.82, 2.24) is 5.32 Å². The van der Waals surface area contributed by atoms with Gasteiger partial charge in [-0.3, -0.25) is 5.32 Å². The molecular weight excluding hydrogens is 269 g/mol. The summed E-state index contributed by atoms with van der Waals surface area (Å²) in [5.74, 6) is 3.46.